The molecule has 0 aliphatic carbocycles. The highest BCUT2D eigenvalue weighted by molar-refractivity contribution is 5.85. The summed E-state index contributed by atoms with van der Waals surface area (Å²) in [7, 11) is 1.24. The van der Waals surface area contributed by atoms with Crippen LogP contribution >= 0.6 is 0 Å². The molecular formula is C19H19F2NO3. The Morgan fingerprint density at radius 3 is 2.36 bits per heavy atom. The number of hydrogen-bond acceptors (Lipinski definition) is 3. The number of halogens is 2. The molecule has 1 amide bonds. The van der Waals surface area contributed by atoms with Crippen molar-refractivity contribution in [2.24, 2.45) is 0 Å². The molecule has 132 valence electrons. The number of rotatable bonds is 6. The minimum atomic E-state index is -0.877. The number of methoxy groups -OCH3 is 1. The predicted molar refractivity (Wildman–Crippen MR) is 88.9 cm³/mol. The minimum Gasteiger partial charge on any atom is -0.467 e. The van der Waals surface area contributed by atoms with Crippen LogP contribution < -0.4 is 5.32 Å². The number of amides is 1. The quantitative estimate of drug-likeness (QED) is 0.818. The highest BCUT2D eigenvalue weighted by atomic mass is 19.1. The molecule has 2 rings (SSSR count). The lowest BCUT2D eigenvalue weighted by Gasteiger charge is -2.17. The first-order valence-electron chi connectivity index (χ1n) is 7.75. The van der Waals surface area contributed by atoms with Crippen LogP contribution in [0.1, 0.15) is 16.7 Å². The molecule has 0 radical (unpaired) electrons. The van der Waals surface area contributed by atoms with E-state index in [1.807, 2.05) is 31.2 Å². The van der Waals surface area contributed by atoms with E-state index in [1.54, 1.807) is 0 Å². The molecule has 6 heteroatoms. The molecule has 4 nitrogen and oxygen atoms in total. The van der Waals surface area contributed by atoms with E-state index in [9.17, 15) is 18.4 Å². The Kier molecular flexibility index (Phi) is 6.22. The second-order valence-electron chi connectivity index (χ2n) is 5.79. The molecule has 0 aliphatic heterocycles. The summed E-state index contributed by atoms with van der Waals surface area (Å²) in [5.41, 5.74) is 2.09. The van der Waals surface area contributed by atoms with Crippen LogP contribution in [0.3, 0.4) is 0 Å². The van der Waals surface area contributed by atoms with Gasteiger partial charge in [-0.05, 0) is 30.2 Å². The van der Waals surface area contributed by atoms with E-state index in [4.69, 9.17) is 4.74 Å². The van der Waals surface area contributed by atoms with Gasteiger partial charge in [-0.3, -0.25) is 4.79 Å². The number of carbonyl (C=O) groups is 2. The summed E-state index contributed by atoms with van der Waals surface area (Å²) in [4.78, 5) is 24.1. The number of benzene rings is 2. The topological polar surface area (TPSA) is 55.4 Å². The lowest BCUT2D eigenvalue weighted by Crippen LogP contribution is -2.43. The molecule has 2 aromatic carbocycles. The van der Waals surface area contributed by atoms with Gasteiger partial charge in [-0.2, -0.15) is 0 Å². The Labute approximate surface area is 144 Å². The first-order chi connectivity index (χ1) is 11.9. The maximum Gasteiger partial charge on any atom is 0.328 e. The fraction of sp³-hybridized carbons (Fsp3) is 0.263. The van der Waals surface area contributed by atoms with Crippen LogP contribution in [-0.2, 0) is 27.2 Å². The number of carbonyl (C=O) groups excluding carboxylic acids is 2. The molecule has 0 heterocycles. The summed E-state index contributed by atoms with van der Waals surface area (Å²) in [5, 5.41) is 2.56. The number of esters is 1. The average molecular weight is 347 g/mol. The van der Waals surface area contributed by atoms with E-state index in [-0.39, 0.29) is 18.4 Å². The van der Waals surface area contributed by atoms with Gasteiger partial charge in [0.1, 0.15) is 17.7 Å². The molecule has 25 heavy (non-hydrogen) atoms. The molecular weight excluding hydrogens is 328 g/mol. The zero-order valence-corrected chi connectivity index (χ0v) is 14.0. The third kappa shape index (κ3) is 5.67. The van der Waals surface area contributed by atoms with Gasteiger partial charge in [0.25, 0.3) is 0 Å². The van der Waals surface area contributed by atoms with Crippen molar-refractivity contribution in [2.75, 3.05) is 7.11 Å². The number of hydrogen-bond donors (Lipinski definition) is 1. The van der Waals surface area contributed by atoms with Crippen LogP contribution in [0.25, 0.3) is 0 Å². The second-order valence-corrected chi connectivity index (χ2v) is 5.79. The third-order valence-corrected chi connectivity index (χ3v) is 3.63. The maximum absolute atomic E-state index is 13.2. The lowest BCUT2D eigenvalue weighted by atomic mass is 10.0. The van der Waals surface area contributed by atoms with Gasteiger partial charge in [-0.15, -0.1) is 0 Å². The SMILES string of the molecule is COC(=O)[C@@H](Cc1cccc(C)c1)NC(=O)Cc1cc(F)cc(F)c1. The Bertz CT molecular complexity index is 757. The second kappa shape index (κ2) is 8.37. The number of ether oxygens (including phenoxy) is 1. The molecule has 0 unspecified atom stereocenters. The van der Waals surface area contributed by atoms with Crippen LogP contribution in [0.4, 0.5) is 8.78 Å². The molecule has 0 spiro atoms. The van der Waals surface area contributed by atoms with E-state index < -0.39 is 29.6 Å². The van der Waals surface area contributed by atoms with Crippen LogP contribution in [0.2, 0.25) is 0 Å². The van der Waals surface area contributed by atoms with Gasteiger partial charge >= 0.3 is 5.97 Å². The van der Waals surface area contributed by atoms with Crippen molar-refractivity contribution in [2.45, 2.75) is 25.8 Å². The van der Waals surface area contributed by atoms with Gasteiger partial charge in [0.05, 0.1) is 13.5 Å². The van der Waals surface area contributed by atoms with E-state index in [0.29, 0.717) is 0 Å². The summed E-state index contributed by atoms with van der Waals surface area (Å²) >= 11 is 0. The average Bonchev–Trinajstić information content (AvgIpc) is 2.52. The van der Waals surface area contributed by atoms with Crippen LogP contribution in [0, 0.1) is 18.6 Å². The van der Waals surface area contributed by atoms with Crippen LogP contribution in [0.5, 0.6) is 0 Å². The highest BCUT2D eigenvalue weighted by Crippen LogP contribution is 2.10. The van der Waals surface area contributed by atoms with E-state index >= 15 is 0 Å². The standard InChI is InChI=1S/C19H19F2NO3/c1-12-4-3-5-13(6-12)9-17(19(24)25-2)22-18(23)10-14-7-15(20)11-16(21)8-14/h3-8,11,17H,9-10H2,1-2H3,(H,22,23)/t17-/m1/s1. The van der Waals surface area contributed by atoms with Gasteiger partial charge in [0.2, 0.25) is 5.91 Å². The van der Waals surface area contributed by atoms with Crippen molar-refractivity contribution in [1.82, 2.24) is 5.32 Å². The van der Waals surface area contributed by atoms with Crippen molar-refractivity contribution in [1.29, 1.82) is 0 Å². The van der Waals surface area contributed by atoms with Gasteiger partial charge in [0, 0.05) is 12.5 Å². The molecule has 0 aromatic heterocycles. The van der Waals surface area contributed by atoms with Gasteiger partial charge in [-0.25, -0.2) is 13.6 Å². The lowest BCUT2D eigenvalue weighted by molar-refractivity contribution is -0.145. The van der Waals surface area contributed by atoms with E-state index in [2.05, 4.69) is 5.32 Å². The van der Waals surface area contributed by atoms with E-state index in [1.165, 1.54) is 7.11 Å². The number of aryl methyl sites for hydroxylation is 1. The van der Waals surface area contributed by atoms with Crippen LogP contribution in [-0.4, -0.2) is 25.0 Å². The van der Waals surface area contributed by atoms with Crippen molar-refractivity contribution >= 4 is 11.9 Å². The van der Waals surface area contributed by atoms with Gasteiger partial charge in [0.15, 0.2) is 0 Å². The Balaban J connectivity index is 2.08. The summed E-state index contributed by atoms with van der Waals surface area (Å²) in [6.07, 6.45) is 0.0214. The normalized spacial score (nSPS) is 11.7. The molecule has 1 atom stereocenters. The zero-order valence-electron chi connectivity index (χ0n) is 14.0. The Hall–Kier alpha value is -2.76. The Morgan fingerprint density at radius 1 is 1.08 bits per heavy atom. The summed E-state index contributed by atoms with van der Waals surface area (Å²) in [6, 6.07) is 9.55. The minimum absolute atomic E-state index is 0.189. The van der Waals surface area contributed by atoms with Gasteiger partial charge in [-0.1, -0.05) is 29.8 Å². The molecule has 0 fully saturated rings. The molecule has 1 N–H and O–H groups in total. The zero-order chi connectivity index (χ0) is 18.4. The largest absolute Gasteiger partial charge is 0.467 e. The molecule has 2 aromatic rings. The fourth-order valence-electron chi connectivity index (χ4n) is 2.55. The third-order valence-electron chi connectivity index (χ3n) is 3.63. The maximum atomic E-state index is 13.2. The summed E-state index contributed by atoms with van der Waals surface area (Å²) in [6.45, 7) is 1.92. The van der Waals surface area contributed by atoms with Crippen molar-refractivity contribution < 1.29 is 23.1 Å². The van der Waals surface area contributed by atoms with Gasteiger partial charge < -0.3 is 10.1 Å². The molecule has 0 saturated heterocycles. The fourth-order valence-corrected chi connectivity index (χ4v) is 2.55. The van der Waals surface area contributed by atoms with Crippen molar-refractivity contribution in [3.8, 4) is 0 Å². The predicted octanol–water partition coefficient (Wildman–Crippen LogP) is 2.72. The monoisotopic (exact) mass is 347 g/mol. The highest BCUT2D eigenvalue weighted by Gasteiger charge is 2.22. The smallest absolute Gasteiger partial charge is 0.328 e. The van der Waals surface area contributed by atoms with Crippen molar-refractivity contribution in [3.63, 3.8) is 0 Å². The molecule has 0 aliphatic rings. The summed E-state index contributed by atoms with van der Waals surface area (Å²) in [5.74, 6) is -2.62. The molecule has 0 bridgehead atoms. The van der Waals surface area contributed by atoms with Crippen molar-refractivity contribution in [3.05, 3.63) is 70.8 Å². The molecule has 0 saturated carbocycles. The van der Waals surface area contributed by atoms with E-state index in [0.717, 1.165) is 29.3 Å². The number of nitrogens with one attached hydrogen (secondary N) is 1. The first kappa shape index (κ1) is 18.6. The first-order valence-corrected chi connectivity index (χ1v) is 7.75. The van der Waals surface area contributed by atoms with Crippen LogP contribution in [0.15, 0.2) is 42.5 Å². The summed E-state index contributed by atoms with van der Waals surface area (Å²) < 4.78 is 31.1. The Morgan fingerprint density at radius 2 is 1.76 bits per heavy atom.